The van der Waals surface area contributed by atoms with Gasteiger partial charge in [-0.3, -0.25) is 9.69 Å². The number of hydrogen-bond acceptors (Lipinski definition) is 4. The van der Waals surface area contributed by atoms with Crippen LogP contribution >= 0.6 is 0 Å². The molecule has 0 aromatic rings. The number of rotatable bonds is 5. The molecular formula is C11H23N3O2. The third-order valence-corrected chi connectivity index (χ3v) is 3.20. The molecule has 0 aliphatic carbocycles. The Labute approximate surface area is 97.1 Å². The van der Waals surface area contributed by atoms with Gasteiger partial charge in [-0.2, -0.15) is 0 Å². The Bertz CT molecular complexity index is 243. The highest BCUT2D eigenvalue weighted by Gasteiger charge is 2.28. The molecule has 1 amide bonds. The maximum absolute atomic E-state index is 11.2. The molecule has 0 aromatic heterocycles. The molecule has 0 spiro atoms. The van der Waals surface area contributed by atoms with E-state index in [0.717, 1.165) is 19.5 Å². The molecule has 1 atom stereocenters. The van der Waals surface area contributed by atoms with E-state index in [4.69, 9.17) is 16.2 Å². The van der Waals surface area contributed by atoms with Gasteiger partial charge in [-0.25, -0.2) is 0 Å². The van der Waals surface area contributed by atoms with Gasteiger partial charge in [0.15, 0.2) is 0 Å². The summed E-state index contributed by atoms with van der Waals surface area (Å²) >= 11 is 0. The highest BCUT2D eigenvalue weighted by atomic mass is 16.5. The number of primary amides is 1. The lowest BCUT2D eigenvalue weighted by molar-refractivity contribution is -0.129. The zero-order valence-electron chi connectivity index (χ0n) is 10.2. The van der Waals surface area contributed by atoms with Gasteiger partial charge >= 0.3 is 0 Å². The minimum Gasteiger partial charge on any atom is -0.378 e. The fourth-order valence-electron chi connectivity index (χ4n) is 1.72. The van der Waals surface area contributed by atoms with Gasteiger partial charge in [0.05, 0.1) is 13.2 Å². The summed E-state index contributed by atoms with van der Waals surface area (Å²) in [5.74, 6) is -0.301. The molecule has 5 heteroatoms. The SMILES string of the molecule is CC(C)(CN)CCN1CCOCC1C(N)=O. The maximum Gasteiger partial charge on any atom is 0.237 e. The first-order valence-electron chi connectivity index (χ1n) is 5.77. The van der Waals surface area contributed by atoms with Crippen LogP contribution in [-0.4, -0.2) is 49.7 Å². The van der Waals surface area contributed by atoms with Crippen molar-refractivity contribution >= 4 is 5.91 Å². The molecule has 16 heavy (non-hydrogen) atoms. The van der Waals surface area contributed by atoms with Crippen molar-refractivity contribution in [1.82, 2.24) is 4.90 Å². The van der Waals surface area contributed by atoms with Crippen LogP contribution in [0.15, 0.2) is 0 Å². The standard InChI is InChI=1S/C11H23N3O2/c1-11(2,8-12)3-4-14-5-6-16-7-9(14)10(13)15/h9H,3-8,12H2,1-2H3,(H2,13,15). The van der Waals surface area contributed by atoms with E-state index in [1.54, 1.807) is 0 Å². The second kappa shape index (κ2) is 5.61. The highest BCUT2D eigenvalue weighted by molar-refractivity contribution is 5.80. The zero-order chi connectivity index (χ0) is 12.2. The molecule has 4 N–H and O–H groups in total. The molecule has 0 saturated carbocycles. The van der Waals surface area contributed by atoms with E-state index in [-0.39, 0.29) is 17.4 Å². The van der Waals surface area contributed by atoms with E-state index in [9.17, 15) is 4.79 Å². The minimum atomic E-state index is -0.301. The Kier molecular flexibility index (Phi) is 4.70. The van der Waals surface area contributed by atoms with Gasteiger partial charge in [-0.15, -0.1) is 0 Å². The van der Waals surface area contributed by atoms with E-state index in [1.165, 1.54) is 0 Å². The molecule has 1 aliphatic rings. The fourth-order valence-corrected chi connectivity index (χ4v) is 1.72. The minimum absolute atomic E-state index is 0.112. The van der Waals surface area contributed by atoms with Crippen LogP contribution in [0, 0.1) is 5.41 Å². The van der Waals surface area contributed by atoms with Crippen LogP contribution in [0.25, 0.3) is 0 Å². The number of ether oxygens (including phenoxy) is 1. The molecule has 0 aromatic carbocycles. The molecule has 5 nitrogen and oxygen atoms in total. The lowest BCUT2D eigenvalue weighted by Crippen LogP contribution is -2.53. The summed E-state index contributed by atoms with van der Waals surface area (Å²) in [6.45, 7) is 7.62. The van der Waals surface area contributed by atoms with Crippen molar-refractivity contribution in [3.63, 3.8) is 0 Å². The van der Waals surface area contributed by atoms with E-state index in [0.29, 0.717) is 19.8 Å². The summed E-state index contributed by atoms with van der Waals surface area (Å²) in [5, 5.41) is 0. The molecule has 94 valence electrons. The quantitative estimate of drug-likeness (QED) is 0.669. The Balaban J connectivity index is 2.47. The third-order valence-electron chi connectivity index (χ3n) is 3.20. The summed E-state index contributed by atoms with van der Waals surface area (Å²) in [4.78, 5) is 13.3. The van der Waals surface area contributed by atoms with Crippen LogP contribution < -0.4 is 11.5 Å². The third kappa shape index (κ3) is 3.73. The van der Waals surface area contributed by atoms with E-state index < -0.39 is 0 Å². The number of carbonyl (C=O) groups excluding carboxylic acids is 1. The van der Waals surface area contributed by atoms with E-state index in [2.05, 4.69) is 18.7 Å². The monoisotopic (exact) mass is 229 g/mol. The van der Waals surface area contributed by atoms with Crippen molar-refractivity contribution in [2.75, 3.05) is 32.8 Å². The Morgan fingerprint density at radius 1 is 1.56 bits per heavy atom. The molecule has 1 aliphatic heterocycles. The number of morpholine rings is 1. The van der Waals surface area contributed by atoms with Crippen molar-refractivity contribution in [3.05, 3.63) is 0 Å². The first-order valence-corrected chi connectivity index (χ1v) is 5.77. The van der Waals surface area contributed by atoms with Crippen molar-refractivity contribution in [2.45, 2.75) is 26.3 Å². The molecule has 0 radical (unpaired) electrons. The van der Waals surface area contributed by atoms with Crippen molar-refractivity contribution in [2.24, 2.45) is 16.9 Å². The molecule has 1 saturated heterocycles. The summed E-state index contributed by atoms with van der Waals surface area (Å²) in [6.07, 6.45) is 0.966. The van der Waals surface area contributed by atoms with Crippen LogP contribution in [0.2, 0.25) is 0 Å². The predicted molar refractivity (Wildman–Crippen MR) is 62.8 cm³/mol. The van der Waals surface area contributed by atoms with Crippen LogP contribution in [0.5, 0.6) is 0 Å². The smallest absolute Gasteiger partial charge is 0.237 e. The Morgan fingerprint density at radius 2 is 2.25 bits per heavy atom. The molecule has 1 heterocycles. The number of nitrogens with zero attached hydrogens (tertiary/aromatic N) is 1. The Hall–Kier alpha value is -0.650. The topological polar surface area (TPSA) is 81.6 Å². The second-order valence-corrected chi connectivity index (χ2v) is 5.15. The maximum atomic E-state index is 11.2. The number of hydrogen-bond donors (Lipinski definition) is 2. The van der Waals surface area contributed by atoms with E-state index in [1.807, 2.05) is 0 Å². The van der Waals surface area contributed by atoms with Gasteiger partial charge in [-0.05, 0) is 24.9 Å². The highest BCUT2D eigenvalue weighted by Crippen LogP contribution is 2.20. The van der Waals surface area contributed by atoms with Crippen molar-refractivity contribution < 1.29 is 9.53 Å². The summed E-state index contributed by atoms with van der Waals surface area (Å²) < 4.78 is 5.26. The molecule has 1 fully saturated rings. The lowest BCUT2D eigenvalue weighted by Gasteiger charge is -2.35. The molecular weight excluding hydrogens is 206 g/mol. The molecule has 0 bridgehead atoms. The van der Waals surface area contributed by atoms with E-state index >= 15 is 0 Å². The average Bonchev–Trinajstić information content (AvgIpc) is 2.27. The van der Waals surface area contributed by atoms with Gasteiger partial charge in [0, 0.05) is 6.54 Å². The van der Waals surface area contributed by atoms with Gasteiger partial charge < -0.3 is 16.2 Å². The molecule has 1 unspecified atom stereocenters. The van der Waals surface area contributed by atoms with Gasteiger partial charge in [0.1, 0.15) is 6.04 Å². The largest absolute Gasteiger partial charge is 0.378 e. The molecule has 1 rings (SSSR count). The normalized spacial score (nSPS) is 23.3. The van der Waals surface area contributed by atoms with Gasteiger partial charge in [0.25, 0.3) is 0 Å². The summed E-state index contributed by atoms with van der Waals surface area (Å²) in [6, 6.07) is -0.276. The average molecular weight is 229 g/mol. The summed E-state index contributed by atoms with van der Waals surface area (Å²) in [7, 11) is 0. The summed E-state index contributed by atoms with van der Waals surface area (Å²) in [5.41, 5.74) is 11.1. The predicted octanol–water partition coefficient (Wildman–Crippen LogP) is -0.452. The zero-order valence-corrected chi connectivity index (χ0v) is 10.2. The van der Waals surface area contributed by atoms with Crippen LogP contribution in [0.4, 0.5) is 0 Å². The van der Waals surface area contributed by atoms with Gasteiger partial charge in [0.2, 0.25) is 5.91 Å². The van der Waals surface area contributed by atoms with Crippen LogP contribution in [0.1, 0.15) is 20.3 Å². The van der Waals surface area contributed by atoms with Crippen LogP contribution in [0.3, 0.4) is 0 Å². The fraction of sp³-hybridized carbons (Fsp3) is 0.909. The van der Waals surface area contributed by atoms with Gasteiger partial charge in [-0.1, -0.05) is 13.8 Å². The van der Waals surface area contributed by atoms with Crippen molar-refractivity contribution in [3.8, 4) is 0 Å². The number of carbonyl (C=O) groups is 1. The first-order chi connectivity index (χ1) is 7.46. The first kappa shape index (κ1) is 13.4. The number of nitrogens with two attached hydrogens (primary N) is 2. The lowest BCUT2D eigenvalue weighted by atomic mass is 9.89. The van der Waals surface area contributed by atoms with Crippen molar-refractivity contribution in [1.29, 1.82) is 0 Å². The van der Waals surface area contributed by atoms with Crippen LogP contribution in [-0.2, 0) is 9.53 Å². The second-order valence-electron chi connectivity index (χ2n) is 5.15. The Morgan fingerprint density at radius 3 is 2.81 bits per heavy atom. The number of amides is 1.